The number of nitrogens with one attached hydrogen (secondary N) is 1. The highest BCUT2D eigenvalue weighted by Gasteiger charge is 2.25. The van der Waals surface area contributed by atoms with E-state index in [0.717, 1.165) is 57.1 Å². The molecule has 0 unspecified atom stereocenters. The van der Waals surface area contributed by atoms with Crippen molar-refractivity contribution in [3.8, 4) is 0 Å². The van der Waals surface area contributed by atoms with Crippen LogP contribution in [0.5, 0.6) is 0 Å². The number of carbonyl (C=O) groups is 2. The van der Waals surface area contributed by atoms with E-state index in [1.807, 2.05) is 29.2 Å². The minimum Gasteiger partial charge on any atom is -0.379 e. The molecule has 0 saturated carbocycles. The molecule has 0 spiro atoms. The quantitative estimate of drug-likeness (QED) is 0.692. The number of piperazine rings is 1. The predicted octanol–water partition coefficient (Wildman–Crippen LogP) is 2.47. The number of amides is 2. The summed E-state index contributed by atoms with van der Waals surface area (Å²) in [4.78, 5) is 30.8. The van der Waals surface area contributed by atoms with E-state index in [1.54, 1.807) is 6.92 Å². The van der Waals surface area contributed by atoms with E-state index in [9.17, 15) is 9.59 Å². The first-order chi connectivity index (χ1) is 14.4. The Labute approximate surface area is 180 Å². The number of ketones is 1. The lowest BCUT2D eigenvalue weighted by Crippen LogP contribution is -2.55. The van der Waals surface area contributed by atoms with Crippen molar-refractivity contribution in [2.24, 2.45) is 5.92 Å². The van der Waals surface area contributed by atoms with Gasteiger partial charge in [-0.2, -0.15) is 0 Å². The Hall–Kier alpha value is -2.12. The highest BCUT2D eigenvalue weighted by molar-refractivity contribution is 5.94. The van der Waals surface area contributed by atoms with Crippen molar-refractivity contribution in [3.05, 3.63) is 29.8 Å². The first kappa shape index (κ1) is 22.6. The lowest BCUT2D eigenvalue weighted by atomic mass is 10.0. The summed E-state index contributed by atoms with van der Waals surface area (Å²) in [6, 6.07) is 8.12. The molecule has 2 amide bonds. The number of hydrogen-bond acceptors (Lipinski definition) is 5. The zero-order valence-electron chi connectivity index (χ0n) is 18.6. The summed E-state index contributed by atoms with van der Waals surface area (Å²) in [6.45, 7) is 13.2. The molecule has 7 heteroatoms. The molecule has 1 aromatic rings. The molecule has 1 aromatic carbocycles. The molecule has 0 aromatic heterocycles. The maximum absolute atomic E-state index is 12.7. The predicted molar refractivity (Wildman–Crippen MR) is 119 cm³/mol. The van der Waals surface area contributed by atoms with Gasteiger partial charge >= 0.3 is 6.03 Å². The standard InChI is InChI=1S/C23H36N4O3/c1-18(2)16-22(26-12-14-30-15-13-26)17-24-23(29)27-10-8-25(9-11-27)21-6-4-20(5-7-21)19(3)28/h4-7,18,22H,8-17H2,1-3H3,(H,24,29)/t22-/m0/s1. The SMILES string of the molecule is CC(=O)c1ccc(N2CCN(C(=O)NC[C@H](CC(C)C)N3CCOCC3)CC2)cc1. The Balaban J connectivity index is 1.47. The van der Waals surface area contributed by atoms with Gasteiger partial charge in [0.2, 0.25) is 0 Å². The van der Waals surface area contributed by atoms with Gasteiger partial charge in [-0.1, -0.05) is 13.8 Å². The van der Waals surface area contributed by atoms with Crippen LogP contribution in [-0.2, 0) is 4.74 Å². The average Bonchev–Trinajstić information content (AvgIpc) is 2.77. The molecular formula is C23H36N4O3. The van der Waals surface area contributed by atoms with E-state index >= 15 is 0 Å². The van der Waals surface area contributed by atoms with Crippen LogP contribution < -0.4 is 10.2 Å². The number of hydrogen-bond donors (Lipinski definition) is 1. The van der Waals surface area contributed by atoms with Crippen LogP contribution in [0.15, 0.2) is 24.3 Å². The molecule has 30 heavy (non-hydrogen) atoms. The van der Waals surface area contributed by atoms with Gasteiger partial charge in [0.05, 0.1) is 13.2 Å². The van der Waals surface area contributed by atoms with Gasteiger partial charge in [0.15, 0.2) is 5.78 Å². The van der Waals surface area contributed by atoms with Crippen LogP contribution in [0.4, 0.5) is 10.5 Å². The fourth-order valence-electron chi connectivity index (χ4n) is 4.24. The number of rotatable bonds is 7. The number of morpholine rings is 1. The highest BCUT2D eigenvalue weighted by atomic mass is 16.5. The molecule has 2 heterocycles. The smallest absolute Gasteiger partial charge is 0.317 e. The van der Waals surface area contributed by atoms with Gasteiger partial charge in [0, 0.05) is 63.1 Å². The second-order valence-corrected chi connectivity index (χ2v) is 8.69. The maximum Gasteiger partial charge on any atom is 0.317 e. The molecule has 2 fully saturated rings. The minimum atomic E-state index is 0.0311. The Morgan fingerprint density at radius 1 is 1.00 bits per heavy atom. The Kier molecular flexibility index (Phi) is 8.10. The lowest BCUT2D eigenvalue weighted by molar-refractivity contribution is 0.0127. The highest BCUT2D eigenvalue weighted by Crippen LogP contribution is 2.18. The molecule has 0 bridgehead atoms. The number of anilines is 1. The Morgan fingerprint density at radius 3 is 2.20 bits per heavy atom. The third-order valence-corrected chi connectivity index (χ3v) is 6.00. The summed E-state index contributed by atoms with van der Waals surface area (Å²) in [5.41, 5.74) is 1.83. The second-order valence-electron chi connectivity index (χ2n) is 8.69. The summed E-state index contributed by atoms with van der Waals surface area (Å²) in [5.74, 6) is 0.670. The van der Waals surface area contributed by atoms with Crippen molar-refractivity contribution in [2.75, 3.05) is 63.9 Å². The molecule has 0 aliphatic carbocycles. The fraction of sp³-hybridized carbons (Fsp3) is 0.652. The third-order valence-electron chi connectivity index (χ3n) is 6.00. The zero-order chi connectivity index (χ0) is 21.5. The number of benzene rings is 1. The van der Waals surface area contributed by atoms with Gasteiger partial charge in [-0.3, -0.25) is 9.69 Å². The molecule has 2 saturated heterocycles. The number of carbonyl (C=O) groups excluding carboxylic acids is 2. The Morgan fingerprint density at radius 2 is 1.63 bits per heavy atom. The summed E-state index contributed by atoms with van der Waals surface area (Å²) in [7, 11) is 0. The van der Waals surface area contributed by atoms with Gasteiger partial charge in [0.25, 0.3) is 0 Å². The van der Waals surface area contributed by atoms with Crippen molar-refractivity contribution in [3.63, 3.8) is 0 Å². The van der Waals surface area contributed by atoms with Crippen LogP contribution in [0.3, 0.4) is 0 Å². The van der Waals surface area contributed by atoms with E-state index in [1.165, 1.54) is 0 Å². The zero-order valence-corrected chi connectivity index (χ0v) is 18.6. The van der Waals surface area contributed by atoms with Crippen LogP contribution in [0.1, 0.15) is 37.6 Å². The van der Waals surface area contributed by atoms with Crippen molar-refractivity contribution < 1.29 is 14.3 Å². The third kappa shape index (κ3) is 6.19. The van der Waals surface area contributed by atoms with Gasteiger partial charge in [-0.05, 0) is 43.5 Å². The topological polar surface area (TPSA) is 65.1 Å². The lowest BCUT2D eigenvalue weighted by Gasteiger charge is -2.38. The van der Waals surface area contributed by atoms with E-state index in [2.05, 4.69) is 29.0 Å². The normalized spacial score (nSPS) is 19.1. The van der Waals surface area contributed by atoms with Crippen molar-refractivity contribution in [1.29, 1.82) is 0 Å². The summed E-state index contributed by atoms with van der Waals surface area (Å²) in [5, 5.41) is 3.18. The monoisotopic (exact) mass is 416 g/mol. The van der Waals surface area contributed by atoms with Crippen molar-refractivity contribution in [2.45, 2.75) is 33.2 Å². The maximum atomic E-state index is 12.7. The molecule has 0 radical (unpaired) electrons. The molecule has 1 atom stereocenters. The average molecular weight is 417 g/mol. The first-order valence-corrected chi connectivity index (χ1v) is 11.1. The van der Waals surface area contributed by atoms with E-state index in [0.29, 0.717) is 31.6 Å². The molecule has 2 aliphatic rings. The fourth-order valence-corrected chi connectivity index (χ4v) is 4.24. The molecular weight excluding hydrogens is 380 g/mol. The molecule has 166 valence electrons. The van der Waals surface area contributed by atoms with Crippen LogP contribution in [-0.4, -0.2) is 86.7 Å². The molecule has 1 N–H and O–H groups in total. The summed E-state index contributed by atoms with van der Waals surface area (Å²) < 4.78 is 5.48. The van der Waals surface area contributed by atoms with Crippen molar-refractivity contribution >= 4 is 17.5 Å². The number of urea groups is 1. The minimum absolute atomic E-state index is 0.0311. The van der Waals surface area contributed by atoms with Crippen LogP contribution in [0, 0.1) is 5.92 Å². The van der Waals surface area contributed by atoms with E-state index in [4.69, 9.17) is 4.74 Å². The summed E-state index contributed by atoms with van der Waals surface area (Å²) >= 11 is 0. The molecule has 2 aliphatic heterocycles. The van der Waals surface area contributed by atoms with E-state index in [-0.39, 0.29) is 11.8 Å². The number of nitrogens with zero attached hydrogens (tertiary/aromatic N) is 3. The van der Waals surface area contributed by atoms with Crippen molar-refractivity contribution in [1.82, 2.24) is 15.1 Å². The van der Waals surface area contributed by atoms with Crippen LogP contribution in [0.25, 0.3) is 0 Å². The van der Waals surface area contributed by atoms with E-state index < -0.39 is 0 Å². The molecule has 3 rings (SSSR count). The summed E-state index contributed by atoms with van der Waals surface area (Å²) in [6.07, 6.45) is 1.07. The second kappa shape index (κ2) is 10.8. The van der Waals surface area contributed by atoms with Gasteiger partial charge in [-0.25, -0.2) is 4.79 Å². The van der Waals surface area contributed by atoms with Crippen LogP contribution >= 0.6 is 0 Å². The largest absolute Gasteiger partial charge is 0.379 e. The van der Waals surface area contributed by atoms with Gasteiger partial charge in [0.1, 0.15) is 0 Å². The number of Topliss-reactive ketones (excluding diaryl/α,β-unsaturated/α-hetero) is 1. The first-order valence-electron chi connectivity index (χ1n) is 11.1. The van der Waals surface area contributed by atoms with Gasteiger partial charge < -0.3 is 19.9 Å². The number of ether oxygens (including phenoxy) is 1. The Bertz CT molecular complexity index is 693. The van der Waals surface area contributed by atoms with Crippen LogP contribution in [0.2, 0.25) is 0 Å². The van der Waals surface area contributed by atoms with Gasteiger partial charge in [-0.15, -0.1) is 0 Å². The molecule has 7 nitrogen and oxygen atoms in total.